The number of hydrazone groups is 1. The monoisotopic (exact) mass is 353 g/mol. The molecule has 1 atom stereocenters. The van der Waals surface area contributed by atoms with E-state index in [-0.39, 0.29) is 17.5 Å². The molecule has 0 aliphatic carbocycles. The van der Waals surface area contributed by atoms with E-state index in [1.165, 1.54) is 0 Å². The second kappa shape index (κ2) is 6.29. The highest BCUT2D eigenvalue weighted by Crippen LogP contribution is 2.29. The molecule has 1 aliphatic heterocycles. The fraction of sp³-hybridized carbons (Fsp3) is 0.357. The lowest BCUT2D eigenvalue weighted by Gasteiger charge is -2.09. The fourth-order valence-corrected chi connectivity index (χ4v) is 4.53. The number of halogens is 1. The molecule has 0 bridgehead atoms. The van der Waals surface area contributed by atoms with Gasteiger partial charge in [0.2, 0.25) is 0 Å². The molecule has 3 rings (SSSR count). The van der Waals surface area contributed by atoms with Crippen LogP contribution in [0.1, 0.15) is 23.7 Å². The van der Waals surface area contributed by atoms with Crippen molar-refractivity contribution >= 4 is 33.5 Å². The third-order valence-corrected chi connectivity index (χ3v) is 5.79. The zero-order chi connectivity index (χ0) is 16.4. The first-order valence-electron chi connectivity index (χ1n) is 7.11. The van der Waals surface area contributed by atoms with Gasteiger partial charge < -0.3 is 0 Å². The molecule has 0 spiro atoms. The summed E-state index contributed by atoms with van der Waals surface area (Å²) in [4.78, 5) is 4.09. The highest BCUT2D eigenvalue weighted by atomic mass is 35.5. The van der Waals surface area contributed by atoms with Gasteiger partial charge in [0.05, 0.1) is 35.0 Å². The van der Waals surface area contributed by atoms with Crippen molar-refractivity contribution in [2.75, 3.05) is 16.9 Å². The summed E-state index contributed by atoms with van der Waals surface area (Å²) in [5.74, 6) is 0.876. The van der Waals surface area contributed by atoms with Crippen molar-refractivity contribution in [1.29, 1.82) is 0 Å². The molecule has 3 heterocycles. The molecule has 122 valence electrons. The summed E-state index contributed by atoms with van der Waals surface area (Å²) in [6, 6.07) is 5.24. The number of nitrogens with one attached hydrogen (secondary N) is 1. The zero-order valence-electron chi connectivity index (χ0n) is 12.5. The second-order valence-electron chi connectivity index (χ2n) is 5.38. The summed E-state index contributed by atoms with van der Waals surface area (Å²) in [7, 11) is -2.99. The van der Waals surface area contributed by atoms with Crippen molar-refractivity contribution < 1.29 is 8.42 Å². The number of anilines is 1. The number of sulfone groups is 1. The Morgan fingerprint density at radius 2 is 2.30 bits per heavy atom. The zero-order valence-corrected chi connectivity index (χ0v) is 14.0. The van der Waals surface area contributed by atoms with Crippen LogP contribution in [0, 0.1) is 6.92 Å². The summed E-state index contributed by atoms with van der Waals surface area (Å²) < 4.78 is 24.8. The summed E-state index contributed by atoms with van der Waals surface area (Å²) in [6.45, 7) is 1.81. The summed E-state index contributed by atoms with van der Waals surface area (Å²) in [6.07, 6.45) is 3.76. The number of hydrogen-bond acceptors (Lipinski definition) is 6. The van der Waals surface area contributed by atoms with E-state index in [1.807, 2.05) is 19.1 Å². The number of pyridine rings is 1. The van der Waals surface area contributed by atoms with Crippen LogP contribution < -0.4 is 5.43 Å². The molecule has 1 fully saturated rings. The molecule has 9 heteroatoms. The van der Waals surface area contributed by atoms with Gasteiger partial charge in [-0.1, -0.05) is 17.7 Å². The first-order valence-corrected chi connectivity index (χ1v) is 9.31. The topological polar surface area (TPSA) is 89.2 Å². The number of rotatable bonds is 4. The van der Waals surface area contributed by atoms with Crippen LogP contribution in [0.4, 0.5) is 5.82 Å². The van der Waals surface area contributed by atoms with Crippen LogP contribution in [0.3, 0.4) is 0 Å². The number of hydrogen-bond donors (Lipinski definition) is 1. The van der Waals surface area contributed by atoms with E-state index in [1.54, 1.807) is 23.2 Å². The van der Waals surface area contributed by atoms with Crippen LogP contribution in [-0.2, 0) is 9.84 Å². The Morgan fingerprint density at radius 3 is 2.96 bits per heavy atom. The molecule has 2 aromatic rings. The standard InChI is InChI=1S/C14H16ClN5O2S/c1-10-12(8-17-18-13-4-2-3-6-16-13)14(15)20(19-10)11-5-7-23(21,22)9-11/h2-4,6,8,11H,5,7,9H2,1H3,(H,16,18)/b17-8-/t11-/m0/s1. The fourth-order valence-electron chi connectivity index (χ4n) is 2.48. The number of aromatic nitrogens is 3. The largest absolute Gasteiger partial charge is 0.261 e. The Bertz CT molecular complexity index is 832. The van der Waals surface area contributed by atoms with Crippen molar-refractivity contribution in [2.45, 2.75) is 19.4 Å². The van der Waals surface area contributed by atoms with Crippen molar-refractivity contribution in [2.24, 2.45) is 5.10 Å². The Morgan fingerprint density at radius 1 is 1.48 bits per heavy atom. The van der Waals surface area contributed by atoms with Crippen LogP contribution in [-0.4, -0.2) is 40.9 Å². The summed E-state index contributed by atoms with van der Waals surface area (Å²) in [5.41, 5.74) is 4.17. The third-order valence-electron chi connectivity index (χ3n) is 3.66. The molecule has 7 nitrogen and oxygen atoms in total. The Kier molecular flexibility index (Phi) is 4.36. The number of nitrogens with zero attached hydrogens (tertiary/aromatic N) is 4. The van der Waals surface area contributed by atoms with E-state index in [0.29, 0.717) is 28.6 Å². The van der Waals surface area contributed by atoms with Gasteiger partial charge in [-0.2, -0.15) is 10.2 Å². The van der Waals surface area contributed by atoms with Crippen molar-refractivity contribution in [3.05, 3.63) is 40.8 Å². The van der Waals surface area contributed by atoms with E-state index in [2.05, 4.69) is 20.6 Å². The molecule has 0 saturated carbocycles. The van der Waals surface area contributed by atoms with Gasteiger partial charge >= 0.3 is 0 Å². The smallest absolute Gasteiger partial charge is 0.152 e. The van der Waals surface area contributed by atoms with Gasteiger partial charge in [0.15, 0.2) is 9.84 Å². The van der Waals surface area contributed by atoms with E-state index >= 15 is 0 Å². The summed E-state index contributed by atoms with van der Waals surface area (Å²) >= 11 is 6.36. The van der Waals surface area contributed by atoms with Crippen molar-refractivity contribution in [3.63, 3.8) is 0 Å². The average molecular weight is 354 g/mol. The molecule has 23 heavy (non-hydrogen) atoms. The van der Waals surface area contributed by atoms with Gasteiger partial charge in [-0.25, -0.2) is 18.1 Å². The van der Waals surface area contributed by atoms with Crippen molar-refractivity contribution in [1.82, 2.24) is 14.8 Å². The van der Waals surface area contributed by atoms with Gasteiger partial charge in [-0.15, -0.1) is 0 Å². The Labute approximate surface area is 139 Å². The van der Waals surface area contributed by atoms with E-state index < -0.39 is 9.84 Å². The first-order chi connectivity index (χ1) is 11.0. The minimum absolute atomic E-state index is 0.0800. The molecule has 1 N–H and O–H groups in total. The van der Waals surface area contributed by atoms with E-state index in [4.69, 9.17) is 11.6 Å². The lowest BCUT2D eigenvalue weighted by Crippen LogP contribution is -2.12. The molecule has 1 aliphatic rings. The van der Waals surface area contributed by atoms with Crippen LogP contribution in [0.15, 0.2) is 29.5 Å². The van der Waals surface area contributed by atoms with Gasteiger partial charge in [0.25, 0.3) is 0 Å². The first kappa shape index (κ1) is 15.9. The average Bonchev–Trinajstić information content (AvgIpc) is 3.01. The lowest BCUT2D eigenvalue weighted by atomic mass is 10.2. The minimum Gasteiger partial charge on any atom is -0.261 e. The van der Waals surface area contributed by atoms with Gasteiger partial charge in [-0.3, -0.25) is 5.43 Å². The van der Waals surface area contributed by atoms with Gasteiger partial charge in [0.1, 0.15) is 11.0 Å². The maximum Gasteiger partial charge on any atom is 0.152 e. The van der Waals surface area contributed by atoms with Crippen LogP contribution in [0.2, 0.25) is 5.15 Å². The third kappa shape index (κ3) is 3.53. The SMILES string of the molecule is Cc1nn([C@H]2CCS(=O)(=O)C2)c(Cl)c1/C=N\Nc1ccccn1. The Balaban J connectivity index is 1.78. The van der Waals surface area contributed by atoms with Crippen molar-refractivity contribution in [3.8, 4) is 0 Å². The molecule has 1 saturated heterocycles. The highest BCUT2D eigenvalue weighted by Gasteiger charge is 2.31. The Hall–Kier alpha value is -1.93. The second-order valence-corrected chi connectivity index (χ2v) is 7.96. The van der Waals surface area contributed by atoms with Crippen LogP contribution in [0.25, 0.3) is 0 Å². The lowest BCUT2D eigenvalue weighted by molar-refractivity contribution is 0.497. The van der Waals surface area contributed by atoms with E-state index in [0.717, 1.165) is 0 Å². The van der Waals surface area contributed by atoms with Gasteiger partial charge in [-0.05, 0) is 25.5 Å². The molecular formula is C14H16ClN5O2S. The van der Waals surface area contributed by atoms with Crippen LogP contribution in [0.5, 0.6) is 0 Å². The molecule has 0 amide bonds. The molecular weight excluding hydrogens is 338 g/mol. The predicted octanol–water partition coefficient (Wildman–Crippen LogP) is 2.05. The normalized spacial score (nSPS) is 20.2. The maximum atomic E-state index is 11.6. The minimum atomic E-state index is -2.99. The van der Waals surface area contributed by atoms with Crippen LogP contribution >= 0.6 is 11.6 Å². The van der Waals surface area contributed by atoms with E-state index in [9.17, 15) is 8.42 Å². The van der Waals surface area contributed by atoms with Gasteiger partial charge in [0, 0.05) is 6.20 Å². The highest BCUT2D eigenvalue weighted by molar-refractivity contribution is 7.91. The maximum absolute atomic E-state index is 11.6. The quantitative estimate of drug-likeness (QED) is 0.671. The number of aryl methyl sites for hydroxylation is 1. The predicted molar refractivity (Wildman–Crippen MR) is 89.7 cm³/mol. The molecule has 0 radical (unpaired) electrons. The summed E-state index contributed by atoms with van der Waals surface area (Å²) in [5, 5.41) is 8.88. The molecule has 0 unspecified atom stereocenters. The molecule has 0 aromatic carbocycles. The molecule has 2 aromatic heterocycles.